The van der Waals surface area contributed by atoms with Crippen molar-refractivity contribution < 1.29 is 19.4 Å². The Labute approximate surface area is 109 Å². The molecule has 4 nitrogen and oxygen atoms in total. The van der Waals surface area contributed by atoms with Crippen LogP contribution in [-0.4, -0.2) is 16.2 Å². The first-order valence-electron chi connectivity index (χ1n) is 5.61. The summed E-state index contributed by atoms with van der Waals surface area (Å²) < 4.78 is 13.5. The first-order chi connectivity index (χ1) is 9.06. The number of aromatic carboxylic acids is 1. The summed E-state index contributed by atoms with van der Waals surface area (Å²) in [4.78, 5) is 10.8. The zero-order valence-electron chi connectivity index (χ0n) is 9.93. The van der Waals surface area contributed by atoms with Gasteiger partial charge in [-0.25, -0.2) is 9.18 Å². The molecule has 0 aliphatic carbocycles. The maximum absolute atomic E-state index is 13.5. The van der Waals surface area contributed by atoms with Crippen molar-refractivity contribution >= 4 is 11.7 Å². The summed E-state index contributed by atoms with van der Waals surface area (Å²) in [5.41, 5.74) is 1.00. The van der Waals surface area contributed by atoms with Crippen molar-refractivity contribution in [3.8, 4) is 5.75 Å². The molecule has 2 rings (SSSR count). The SMILES string of the molecule is O=C(O)c1ccc(F)c(NCc2ccc(O)cc2)c1. The lowest BCUT2D eigenvalue weighted by molar-refractivity contribution is 0.0697. The number of aromatic hydroxyl groups is 1. The smallest absolute Gasteiger partial charge is 0.335 e. The highest BCUT2D eigenvalue weighted by atomic mass is 19.1. The van der Waals surface area contributed by atoms with Crippen molar-refractivity contribution in [2.24, 2.45) is 0 Å². The molecule has 0 aliphatic rings. The van der Waals surface area contributed by atoms with Gasteiger partial charge in [0.05, 0.1) is 11.3 Å². The van der Waals surface area contributed by atoms with Gasteiger partial charge in [0, 0.05) is 6.54 Å². The lowest BCUT2D eigenvalue weighted by atomic mass is 10.1. The summed E-state index contributed by atoms with van der Waals surface area (Å²) in [7, 11) is 0. The van der Waals surface area contributed by atoms with E-state index in [2.05, 4.69) is 5.32 Å². The van der Waals surface area contributed by atoms with Gasteiger partial charge in [-0.15, -0.1) is 0 Å². The van der Waals surface area contributed by atoms with Crippen LogP contribution in [0.5, 0.6) is 5.75 Å². The van der Waals surface area contributed by atoms with E-state index < -0.39 is 11.8 Å². The number of halogens is 1. The van der Waals surface area contributed by atoms with Crippen molar-refractivity contribution in [1.82, 2.24) is 0 Å². The molecule has 2 aromatic rings. The third-order valence-corrected chi connectivity index (χ3v) is 2.63. The van der Waals surface area contributed by atoms with E-state index in [9.17, 15) is 9.18 Å². The number of rotatable bonds is 4. The van der Waals surface area contributed by atoms with Crippen molar-refractivity contribution in [3.63, 3.8) is 0 Å². The van der Waals surface area contributed by atoms with Crippen LogP contribution in [0.15, 0.2) is 42.5 Å². The Balaban J connectivity index is 2.12. The average Bonchev–Trinajstić information content (AvgIpc) is 2.39. The molecule has 0 bridgehead atoms. The molecule has 0 radical (unpaired) electrons. The Kier molecular flexibility index (Phi) is 3.66. The average molecular weight is 261 g/mol. The molecule has 5 heteroatoms. The Morgan fingerprint density at radius 1 is 1.16 bits per heavy atom. The summed E-state index contributed by atoms with van der Waals surface area (Å²) in [6.45, 7) is 0.334. The van der Waals surface area contributed by atoms with Gasteiger partial charge in [-0.2, -0.15) is 0 Å². The molecule has 0 atom stereocenters. The summed E-state index contributed by atoms with van der Waals surface area (Å²) in [5.74, 6) is -1.46. The summed E-state index contributed by atoms with van der Waals surface area (Å²) in [6, 6.07) is 10.0. The van der Waals surface area contributed by atoms with Crippen LogP contribution in [0.4, 0.5) is 10.1 Å². The molecule has 0 amide bonds. The summed E-state index contributed by atoms with van der Waals surface area (Å²) in [6.07, 6.45) is 0. The number of phenolic OH excluding ortho intramolecular Hbond substituents is 1. The first-order valence-corrected chi connectivity index (χ1v) is 5.61. The number of nitrogens with one attached hydrogen (secondary N) is 1. The van der Waals surface area contributed by atoms with Gasteiger partial charge in [0.1, 0.15) is 11.6 Å². The molecule has 0 saturated heterocycles. The summed E-state index contributed by atoms with van der Waals surface area (Å²) >= 11 is 0. The van der Waals surface area contributed by atoms with E-state index in [1.807, 2.05) is 0 Å². The number of hydrogen-bond donors (Lipinski definition) is 3. The van der Waals surface area contributed by atoms with Gasteiger partial charge >= 0.3 is 5.97 Å². The van der Waals surface area contributed by atoms with E-state index in [0.29, 0.717) is 6.54 Å². The minimum Gasteiger partial charge on any atom is -0.508 e. The maximum Gasteiger partial charge on any atom is 0.335 e. The van der Waals surface area contributed by atoms with E-state index >= 15 is 0 Å². The van der Waals surface area contributed by atoms with Crippen LogP contribution in [0, 0.1) is 5.82 Å². The molecule has 0 unspecified atom stereocenters. The van der Waals surface area contributed by atoms with Crippen LogP contribution in [0.3, 0.4) is 0 Å². The fourth-order valence-electron chi connectivity index (χ4n) is 1.60. The molecule has 98 valence electrons. The van der Waals surface area contributed by atoms with E-state index in [1.54, 1.807) is 12.1 Å². The van der Waals surface area contributed by atoms with Crippen molar-refractivity contribution in [2.75, 3.05) is 5.32 Å². The molecule has 0 heterocycles. The molecule has 0 spiro atoms. The largest absolute Gasteiger partial charge is 0.508 e. The highest BCUT2D eigenvalue weighted by Gasteiger charge is 2.08. The predicted octanol–water partition coefficient (Wildman–Crippen LogP) is 2.84. The molecular formula is C14H12FNO3. The summed E-state index contributed by atoms with van der Waals surface area (Å²) in [5, 5.41) is 20.8. The Hall–Kier alpha value is -2.56. The molecule has 19 heavy (non-hydrogen) atoms. The van der Waals surface area contributed by atoms with Gasteiger partial charge in [0.25, 0.3) is 0 Å². The van der Waals surface area contributed by atoms with Crippen LogP contribution >= 0.6 is 0 Å². The van der Waals surface area contributed by atoms with E-state index in [0.717, 1.165) is 11.6 Å². The van der Waals surface area contributed by atoms with Crippen LogP contribution in [0.2, 0.25) is 0 Å². The first kappa shape index (κ1) is 12.9. The van der Waals surface area contributed by atoms with Gasteiger partial charge in [0.15, 0.2) is 0 Å². The van der Waals surface area contributed by atoms with Gasteiger partial charge in [-0.3, -0.25) is 0 Å². The van der Waals surface area contributed by atoms with Crippen LogP contribution in [-0.2, 0) is 6.54 Å². The van der Waals surface area contributed by atoms with Gasteiger partial charge in [-0.1, -0.05) is 12.1 Å². The Morgan fingerprint density at radius 3 is 2.47 bits per heavy atom. The molecule has 0 aromatic heterocycles. The number of carboxylic acids is 1. The topological polar surface area (TPSA) is 69.6 Å². The third kappa shape index (κ3) is 3.22. The molecule has 0 aliphatic heterocycles. The highest BCUT2D eigenvalue weighted by Crippen LogP contribution is 2.18. The quantitative estimate of drug-likeness (QED) is 0.791. The second-order valence-electron chi connectivity index (χ2n) is 4.02. The van der Waals surface area contributed by atoms with Crippen molar-refractivity contribution in [2.45, 2.75) is 6.54 Å². The fourth-order valence-corrected chi connectivity index (χ4v) is 1.60. The van der Waals surface area contributed by atoms with E-state index in [-0.39, 0.29) is 17.0 Å². The number of carbonyl (C=O) groups is 1. The lowest BCUT2D eigenvalue weighted by Gasteiger charge is -2.08. The van der Waals surface area contributed by atoms with Gasteiger partial charge in [0.2, 0.25) is 0 Å². The number of benzene rings is 2. The number of phenols is 1. The second-order valence-corrected chi connectivity index (χ2v) is 4.02. The zero-order valence-corrected chi connectivity index (χ0v) is 9.93. The second kappa shape index (κ2) is 5.39. The molecule has 0 fully saturated rings. The highest BCUT2D eigenvalue weighted by molar-refractivity contribution is 5.88. The molecule has 3 N–H and O–H groups in total. The van der Waals surface area contributed by atoms with Crippen LogP contribution in [0.1, 0.15) is 15.9 Å². The third-order valence-electron chi connectivity index (χ3n) is 2.63. The van der Waals surface area contributed by atoms with Gasteiger partial charge < -0.3 is 15.5 Å². The number of anilines is 1. The van der Waals surface area contributed by atoms with E-state index in [4.69, 9.17) is 10.2 Å². The zero-order chi connectivity index (χ0) is 13.8. The van der Waals surface area contributed by atoms with Crippen LogP contribution < -0.4 is 5.32 Å². The van der Waals surface area contributed by atoms with Crippen LogP contribution in [0.25, 0.3) is 0 Å². The van der Waals surface area contributed by atoms with Crippen molar-refractivity contribution in [3.05, 3.63) is 59.4 Å². The minimum absolute atomic E-state index is 0.0228. The molecular weight excluding hydrogens is 249 g/mol. The fraction of sp³-hybridized carbons (Fsp3) is 0.0714. The van der Waals surface area contributed by atoms with Crippen molar-refractivity contribution in [1.29, 1.82) is 0 Å². The maximum atomic E-state index is 13.5. The van der Waals surface area contributed by atoms with E-state index in [1.165, 1.54) is 24.3 Å². The molecule has 2 aromatic carbocycles. The minimum atomic E-state index is -1.10. The normalized spacial score (nSPS) is 10.2. The molecule has 0 saturated carbocycles. The standard InChI is InChI=1S/C14H12FNO3/c15-12-6-3-10(14(18)19)7-13(12)16-8-9-1-4-11(17)5-2-9/h1-7,16-17H,8H2,(H,18,19). The number of carboxylic acid groups (broad SMARTS) is 1. The number of hydrogen-bond acceptors (Lipinski definition) is 3. The Morgan fingerprint density at radius 2 is 1.84 bits per heavy atom. The van der Waals surface area contributed by atoms with Gasteiger partial charge in [-0.05, 0) is 35.9 Å². The monoisotopic (exact) mass is 261 g/mol. The lowest BCUT2D eigenvalue weighted by Crippen LogP contribution is -2.04. The predicted molar refractivity (Wildman–Crippen MR) is 68.8 cm³/mol. The Bertz CT molecular complexity index is 596.